The molecule has 100 valence electrons. The van der Waals surface area contributed by atoms with E-state index in [1.54, 1.807) is 0 Å². The maximum absolute atomic E-state index is 5.62. The molecule has 0 saturated carbocycles. The third-order valence-corrected chi connectivity index (χ3v) is 3.45. The van der Waals surface area contributed by atoms with Crippen LogP contribution in [0.3, 0.4) is 0 Å². The summed E-state index contributed by atoms with van der Waals surface area (Å²) < 4.78 is 11.1. The first-order valence-electron chi connectivity index (χ1n) is 6.14. The summed E-state index contributed by atoms with van der Waals surface area (Å²) in [4.78, 5) is 10.9. The van der Waals surface area contributed by atoms with E-state index in [4.69, 9.17) is 9.47 Å². The second-order valence-electron chi connectivity index (χ2n) is 4.14. The topological polar surface area (TPSA) is 47.5 Å². The molecule has 1 saturated heterocycles. The van der Waals surface area contributed by atoms with Gasteiger partial charge in [0.15, 0.2) is 0 Å². The van der Waals surface area contributed by atoms with Crippen LogP contribution in [0.15, 0.2) is 6.07 Å². The van der Waals surface area contributed by atoms with Crippen molar-refractivity contribution >= 4 is 21.7 Å². The zero-order chi connectivity index (χ0) is 13.0. The van der Waals surface area contributed by atoms with Crippen molar-refractivity contribution in [3.8, 4) is 5.88 Å². The Morgan fingerprint density at radius 3 is 3.11 bits per heavy atom. The average Bonchev–Trinajstić information content (AvgIpc) is 2.38. The van der Waals surface area contributed by atoms with E-state index < -0.39 is 0 Å². The number of aryl methyl sites for hydroxylation is 1. The largest absolute Gasteiger partial charge is 0.478 e. The third-order valence-electron chi connectivity index (χ3n) is 2.73. The number of aromatic nitrogens is 2. The number of ether oxygens (including phenoxy) is 2. The van der Waals surface area contributed by atoms with E-state index >= 15 is 0 Å². The molecule has 5 nitrogen and oxygen atoms in total. The van der Waals surface area contributed by atoms with Crippen molar-refractivity contribution in [1.82, 2.24) is 9.97 Å². The lowest BCUT2D eigenvalue weighted by Crippen LogP contribution is -2.43. The van der Waals surface area contributed by atoms with E-state index in [0.717, 1.165) is 36.7 Å². The molecular formula is C12H18BrN3O2. The summed E-state index contributed by atoms with van der Waals surface area (Å²) in [5.74, 6) is 2.29. The molecular weight excluding hydrogens is 298 g/mol. The van der Waals surface area contributed by atoms with Crippen LogP contribution >= 0.6 is 15.9 Å². The van der Waals surface area contributed by atoms with Crippen LogP contribution in [-0.2, 0) is 4.74 Å². The number of hydrogen-bond donors (Lipinski definition) is 0. The maximum Gasteiger partial charge on any atom is 0.218 e. The van der Waals surface area contributed by atoms with Crippen LogP contribution < -0.4 is 9.64 Å². The Kier molecular flexibility index (Phi) is 4.77. The van der Waals surface area contributed by atoms with Crippen molar-refractivity contribution < 1.29 is 9.47 Å². The summed E-state index contributed by atoms with van der Waals surface area (Å²) in [7, 11) is 0. The summed E-state index contributed by atoms with van der Waals surface area (Å²) in [6.07, 6.45) is 0.213. The number of nitrogens with zero attached hydrogens (tertiary/aromatic N) is 3. The smallest absolute Gasteiger partial charge is 0.218 e. The predicted octanol–water partition coefficient (Wildman–Crippen LogP) is 1.78. The maximum atomic E-state index is 5.62. The zero-order valence-corrected chi connectivity index (χ0v) is 12.3. The van der Waals surface area contributed by atoms with E-state index in [9.17, 15) is 0 Å². The van der Waals surface area contributed by atoms with Gasteiger partial charge < -0.3 is 14.4 Å². The summed E-state index contributed by atoms with van der Waals surface area (Å²) in [6, 6.07) is 1.90. The van der Waals surface area contributed by atoms with Crippen LogP contribution in [0.5, 0.6) is 5.88 Å². The number of anilines is 1. The highest BCUT2D eigenvalue weighted by atomic mass is 79.9. The molecule has 1 aliphatic rings. The number of hydrogen-bond acceptors (Lipinski definition) is 5. The minimum Gasteiger partial charge on any atom is -0.478 e. The SMILES string of the molecule is CCOc1cc(N2CCOC(CBr)C2)nc(C)n1. The first kappa shape index (κ1) is 13.5. The van der Waals surface area contributed by atoms with Crippen LogP contribution in [0.25, 0.3) is 0 Å². The van der Waals surface area contributed by atoms with Gasteiger partial charge in [-0.15, -0.1) is 0 Å². The van der Waals surface area contributed by atoms with E-state index in [-0.39, 0.29) is 6.10 Å². The molecule has 2 heterocycles. The van der Waals surface area contributed by atoms with Crippen molar-refractivity contribution in [2.45, 2.75) is 20.0 Å². The van der Waals surface area contributed by atoms with Crippen molar-refractivity contribution in [2.24, 2.45) is 0 Å². The van der Waals surface area contributed by atoms with Crippen LogP contribution in [0.4, 0.5) is 5.82 Å². The van der Waals surface area contributed by atoms with Gasteiger partial charge >= 0.3 is 0 Å². The van der Waals surface area contributed by atoms with Crippen LogP contribution in [0.1, 0.15) is 12.7 Å². The first-order valence-corrected chi connectivity index (χ1v) is 7.26. The van der Waals surface area contributed by atoms with E-state index in [1.165, 1.54) is 0 Å². The summed E-state index contributed by atoms with van der Waals surface area (Å²) in [5, 5.41) is 0.839. The normalized spacial score (nSPS) is 19.9. The fraction of sp³-hybridized carbons (Fsp3) is 0.667. The molecule has 1 aromatic heterocycles. The van der Waals surface area contributed by atoms with Gasteiger partial charge in [0.05, 0.1) is 19.3 Å². The summed E-state index contributed by atoms with van der Waals surface area (Å²) in [5.41, 5.74) is 0. The van der Waals surface area contributed by atoms with Gasteiger partial charge in [-0.25, -0.2) is 4.98 Å². The molecule has 1 unspecified atom stereocenters. The number of rotatable bonds is 4. The van der Waals surface area contributed by atoms with E-state index in [1.807, 2.05) is 19.9 Å². The minimum absolute atomic E-state index is 0.213. The lowest BCUT2D eigenvalue weighted by atomic mass is 10.3. The Morgan fingerprint density at radius 2 is 2.39 bits per heavy atom. The van der Waals surface area contributed by atoms with Gasteiger partial charge in [-0.1, -0.05) is 15.9 Å². The van der Waals surface area contributed by atoms with Gasteiger partial charge in [0, 0.05) is 24.5 Å². The molecule has 1 aromatic rings. The third kappa shape index (κ3) is 3.32. The highest BCUT2D eigenvalue weighted by molar-refractivity contribution is 9.09. The fourth-order valence-electron chi connectivity index (χ4n) is 1.93. The average molecular weight is 316 g/mol. The Morgan fingerprint density at radius 1 is 1.56 bits per heavy atom. The second-order valence-corrected chi connectivity index (χ2v) is 4.79. The molecule has 2 rings (SSSR count). The molecule has 0 aliphatic carbocycles. The lowest BCUT2D eigenvalue weighted by molar-refractivity contribution is 0.0567. The van der Waals surface area contributed by atoms with Crippen molar-refractivity contribution in [1.29, 1.82) is 0 Å². The lowest BCUT2D eigenvalue weighted by Gasteiger charge is -2.33. The molecule has 0 bridgehead atoms. The van der Waals surface area contributed by atoms with Crippen LogP contribution in [0, 0.1) is 6.92 Å². The number of morpholine rings is 1. The minimum atomic E-state index is 0.213. The van der Waals surface area contributed by atoms with Gasteiger partial charge in [0.1, 0.15) is 11.6 Å². The van der Waals surface area contributed by atoms with E-state index in [0.29, 0.717) is 12.5 Å². The van der Waals surface area contributed by atoms with Crippen LogP contribution in [-0.4, -0.2) is 47.7 Å². The standard InChI is InChI=1S/C12H18BrN3O2/c1-3-17-12-6-11(14-9(2)15-12)16-4-5-18-10(7-13)8-16/h6,10H,3-5,7-8H2,1-2H3. The van der Waals surface area contributed by atoms with Crippen LogP contribution in [0.2, 0.25) is 0 Å². The molecule has 6 heteroatoms. The quantitative estimate of drug-likeness (QED) is 0.793. The first-order chi connectivity index (χ1) is 8.72. The van der Waals surface area contributed by atoms with Crippen molar-refractivity contribution in [3.63, 3.8) is 0 Å². The van der Waals surface area contributed by atoms with Gasteiger partial charge in [-0.3, -0.25) is 0 Å². The van der Waals surface area contributed by atoms with Gasteiger partial charge in [-0.05, 0) is 13.8 Å². The summed E-state index contributed by atoms with van der Waals surface area (Å²) in [6.45, 7) is 6.87. The Balaban J connectivity index is 2.16. The highest BCUT2D eigenvalue weighted by Gasteiger charge is 2.21. The number of halogens is 1. The predicted molar refractivity (Wildman–Crippen MR) is 73.7 cm³/mol. The molecule has 1 atom stereocenters. The molecule has 0 aromatic carbocycles. The molecule has 0 N–H and O–H groups in total. The number of alkyl halides is 1. The van der Waals surface area contributed by atoms with Crippen molar-refractivity contribution in [3.05, 3.63) is 11.9 Å². The molecule has 0 amide bonds. The molecule has 1 aliphatic heterocycles. The van der Waals surface area contributed by atoms with E-state index in [2.05, 4.69) is 30.8 Å². The molecule has 1 fully saturated rings. The molecule has 18 heavy (non-hydrogen) atoms. The second kappa shape index (κ2) is 6.33. The van der Waals surface area contributed by atoms with Gasteiger partial charge in [0.25, 0.3) is 0 Å². The highest BCUT2D eigenvalue weighted by Crippen LogP contribution is 2.20. The molecule has 0 spiro atoms. The molecule has 0 radical (unpaired) electrons. The monoisotopic (exact) mass is 315 g/mol. The van der Waals surface area contributed by atoms with Gasteiger partial charge in [-0.2, -0.15) is 4.98 Å². The fourth-order valence-corrected chi connectivity index (χ4v) is 2.32. The van der Waals surface area contributed by atoms with Gasteiger partial charge in [0.2, 0.25) is 5.88 Å². The summed E-state index contributed by atoms with van der Waals surface area (Å²) >= 11 is 3.46. The Labute approximate surface area is 116 Å². The zero-order valence-electron chi connectivity index (χ0n) is 10.7. The Hall–Kier alpha value is -0.880. The van der Waals surface area contributed by atoms with Crippen molar-refractivity contribution in [2.75, 3.05) is 36.5 Å². The Bertz CT molecular complexity index is 403.